The molecule has 0 spiro atoms. The van der Waals surface area contributed by atoms with Gasteiger partial charge in [0.25, 0.3) is 0 Å². The third-order valence-electron chi connectivity index (χ3n) is 1.43. The first-order valence-electron chi connectivity index (χ1n) is 5.50. The molecule has 0 rings (SSSR count). The van der Waals surface area contributed by atoms with Crippen molar-refractivity contribution in [1.82, 2.24) is 0 Å². The molecule has 0 aromatic carbocycles. The van der Waals surface area contributed by atoms with E-state index in [9.17, 15) is 25.9 Å². The van der Waals surface area contributed by atoms with E-state index in [1.165, 1.54) is 13.8 Å². The van der Waals surface area contributed by atoms with Crippen LogP contribution in [0.25, 0.3) is 0 Å². The van der Waals surface area contributed by atoms with Crippen molar-refractivity contribution < 1.29 is 44.7 Å². The lowest BCUT2D eigenvalue weighted by Crippen LogP contribution is -2.22. The second-order valence-corrected chi connectivity index (χ2v) is 3.10. The average Bonchev–Trinajstić information content (AvgIpc) is 2.22. The highest BCUT2D eigenvalue weighted by atomic mass is 19.4. The number of hydrogen-bond donors (Lipinski definition) is 0. The van der Waals surface area contributed by atoms with Crippen molar-refractivity contribution in [2.45, 2.75) is 13.8 Å². The Balaban J connectivity index is 5.00. The van der Waals surface area contributed by atoms with Gasteiger partial charge >= 0.3 is 14.4 Å². The Morgan fingerprint density at radius 3 is 1.25 bits per heavy atom. The molecule has 0 heterocycles. The highest BCUT2D eigenvalue weighted by molar-refractivity contribution is 6.51. The third-order valence-corrected chi connectivity index (χ3v) is 1.43. The summed E-state index contributed by atoms with van der Waals surface area (Å²) in [6, 6.07) is 0. The molecular weight excluding hydrogens is 296 g/mol. The summed E-state index contributed by atoms with van der Waals surface area (Å²) in [5, 5.41) is 0. The Hall–Kier alpha value is -1.61. The van der Waals surface area contributed by atoms with Crippen LogP contribution in [-0.4, -0.2) is 27.6 Å². The first kappa shape index (κ1) is 18.4. The fourth-order valence-corrected chi connectivity index (χ4v) is 0.927. The predicted molar refractivity (Wildman–Crippen MR) is 59.7 cm³/mol. The summed E-state index contributed by atoms with van der Waals surface area (Å²) in [6.07, 6.45) is 1.07. The summed E-state index contributed by atoms with van der Waals surface area (Å²) in [5.41, 5.74) is 0. The van der Waals surface area contributed by atoms with Gasteiger partial charge in [-0.15, -0.1) is 0 Å². The SMILES string of the molecule is CCO/C(=C/C=C(/OCC)O[B-](F)(F)F)O[B-](F)(F)F. The van der Waals surface area contributed by atoms with Gasteiger partial charge in [0.05, 0.1) is 13.2 Å². The van der Waals surface area contributed by atoms with Gasteiger partial charge in [0, 0.05) is 12.2 Å². The van der Waals surface area contributed by atoms with Crippen LogP contribution in [0.3, 0.4) is 0 Å². The molecule has 12 heteroatoms. The van der Waals surface area contributed by atoms with E-state index >= 15 is 0 Å². The minimum absolute atomic E-state index is 0.167. The molecule has 0 aromatic rings. The molecule has 4 nitrogen and oxygen atoms in total. The molecule has 0 aliphatic rings. The van der Waals surface area contributed by atoms with Crippen molar-refractivity contribution in [3.05, 3.63) is 24.0 Å². The number of hydrogen-bond acceptors (Lipinski definition) is 4. The Bertz CT molecular complexity index is 318. The van der Waals surface area contributed by atoms with Gasteiger partial charge in [0.15, 0.2) is 0 Å². The molecule has 0 unspecified atom stereocenters. The molecule has 0 amide bonds. The van der Waals surface area contributed by atoms with Crippen molar-refractivity contribution >= 4 is 14.4 Å². The molecule has 0 aromatic heterocycles. The number of ether oxygens (including phenoxy) is 2. The smallest absolute Gasteiger partial charge is 0.609 e. The minimum atomic E-state index is -5.66. The largest absolute Gasteiger partial charge is 0.701 e. The maximum atomic E-state index is 12.0. The number of allylic oxidation sites excluding steroid dienone is 2. The van der Waals surface area contributed by atoms with Gasteiger partial charge in [0.1, 0.15) is 0 Å². The Kier molecular flexibility index (Phi) is 7.22. The normalized spacial score (nSPS) is 14.0. The molecule has 0 atom stereocenters. The lowest BCUT2D eigenvalue weighted by atomic mass is 10.3. The van der Waals surface area contributed by atoms with E-state index in [0.717, 1.165) is 0 Å². The van der Waals surface area contributed by atoms with Gasteiger partial charge in [-0.25, -0.2) is 0 Å². The van der Waals surface area contributed by atoms with E-state index in [1.807, 2.05) is 0 Å². The molecule has 0 radical (unpaired) electrons. The Morgan fingerprint density at radius 2 is 1.05 bits per heavy atom. The van der Waals surface area contributed by atoms with Crippen LogP contribution in [-0.2, 0) is 18.8 Å². The molecule has 0 fully saturated rings. The van der Waals surface area contributed by atoms with Crippen LogP contribution < -0.4 is 0 Å². The number of rotatable bonds is 9. The van der Waals surface area contributed by atoms with Crippen LogP contribution in [0.5, 0.6) is 0 Å². The summed E-state index contributed by atoms with van der Waals surface area (Å²) < 4.78 is 88.2. The van der Waals surface area contributed by atoms with E-state index in [-0.39, 0.29) is 13.2 Å². The second-order valence-electron chi connectivity index (χ2n) is 3.10. The van der Waals surface area contributed by atoms with Gasteiger partial charge in [-0.05, 0) is 13.8 Å². The monoisotopic (exact) mass is 308 g/mol. The molecule has 20 heavy (non-hydrogen) atoms. The second kappa shape index (κ2) is 7.85. The summed E-state index contributed by atoms with van der Waals surface area (Å²) in [6.45, 7) is 2.42. The fourth-order valence-electron chi connectivity index (χ4n) is 0.927. The molecule has 0 aliphatic carbocycles. The molecule has 0 bridgehead atoms. The molecular formula is C8H12B2F6O4-2. The van der Waals surface area contributed by atoms with Crippen molar-refractivity contribution in [3.8, 4) is 0 Å². The van der Waals surface area contributed by atoms with Crippen molar-refractivity contribution in [3.63, 3.8) is 0 Å². The minimum Gasteiger partial charge on any atom is -0.609 e. The third kappa shape index (κ3) is 10.3. The van der Waals surface area contributed by atoms with Crippen molar-refractivity contribution in [2.24, 2.45) is 0 Å². The topological polar surface area (TPSA) is 36.9 Å². The van der Waals surface area contributed by atoms with Crippen LogP contribution in [0.4, 0.5) is 25.9 Å². The van der Waals surface area contributed by atoms with E-state index in [2.05, 4.69) is 18.8 Å². The lowest BCUT2D eigenvalue weighted by molar-refractivity contribution is 0.0678. The van der Waals surface area contributed by atoms with Gasteiger partial charge < -0.3 is 44.7 Å². The highest BCUT2D eigenvalue weighted by Crippen LogP contribution is 2.19. The van der Waals surface area contributed by atoms with E-state index in [1.54, 1.807) is 0 Å². The zero-order valence-corrected chi connectivity index (χ0v) is 10.6. The van der Waals surface area contributed by atoms with Crippen LogP contribution >= 0.6 is 0 Å². The average molecular weight is 308 g/mol. The molecule has 0 saturated carbocycles. The van der Waals surface area contributed by atoms with E-state index in [0.29, 0.717) is 12.2 Å². The standard InChI is InChI=1S/C8H12B2F6O4/c1-3-17-7(19-9(11,12)13)5-6-8(18-4-2)20-10(14,15)16/h5-6H,3-4H2,1-2H3/q-2/b7-5-,8-6-. The lowest BCUT2D eigenvalue weighted by Gasteiger charge is -2.22. The summed E-state index contributed by atoms with van der Waals surface area (Å²) >= 11 is 0. The molecule has 118 valence electrons. The summed E-state index contributed by atoms with van der Waals surface area (Å²) in [7, 11) is -11.3. The summed E-state index contributed by atoms with van der Waals surface area (Å²) in [4.78, 5) is 0. The highest BCUT2D eigenvalue weighted by Gasteiger charge is 2.30. The van der Waals surface area contributed by atoms with Crippen LogP contribution in [0.15, 0.2) is 24.0 Å². The predicted octanol–water partition coefficient (Wildman–Crippen LogP) is 3.46. The van der Waals surface area contributed by atoms with Crippen molar-refractivity contribution in [2.75, 3.05) is 13.2 Å². The summed E-state index contributed by atoms with van der Waals surface area (Å²) in [5.74, 6) is -2.01. The Morgan fingerprint density at radius 1 is 0.750 bits per heavy atom. The zero-order chi connectivity index (χ0) is 15.8. The number of halogens is 6. The van der Waals surface area contributed by atoms with Gasteiger partial charge in [-0.2, -0.15) is 0 Å². The maximum absolute atomic E-state index is 12.0. The van der Waals surface area contributed by atoms with Crippen LogP contribution in [0, 0.1) is 0 Å². The quantitative estimate of drug-likeness (QED) is 0.283. The van der Waals surface area contributed by atoms with E-state index in [4.69, 9.17) is 0 Å². The Labute approximate surface area is 111 Å². The molecule has 0 saturated heterocycles. The maximum Gasteiger partial charge on any atom is 0.701 e. The van der Waals surface area contributed by atoms with Gasteiger partial charge in [0.2, 0.25) is 11.9 Å². The molecule has 0 N–H and O–H groups in total. The first-order chi connectivity index (χ1) is 9.07. The van der Waals surface area contributed by atoms with Crippen LogP contribution in [0.1, 0.15) is 13.8 Å². The van der Waals surface area contributed by atoms with Gasteiger partial charge in [-0.3, -0.25) is 0 Å². The molecule has 0 aliphatic heterocycles. The fraction of sp³-hybridized carbons (Fsp3) is 0.500. The van der Waals surface area contributed by atoms with Crippen molar-refractivity contribution in [1.29, 1.82) is 0 Å². The first-order valence-corrected chi connectivity index (χ1v) is 5.50. The van der Waals surface area contributed by atoms with E-state index < -0.39 is 26.3 Å². The zero-order valence-electron chi connectivity index (χ0n) is 10.6. The van der Waals surface area contributed by atoms with Crippen LogP contribution in [0.2, 0.25) is 0 Å². The van der Waals surface area contributed by atoms with Gasteiger partial charge in [-0.1, -0.05) is 0 Å².